The third kappa shape index (κ3) is 17.3. The number of carbonyl (C=O) groups excluding carboxylic acids is 2. The lowest BCUT2D eigenvalue weighted by Crippen LogP contribution is -2.47. The maximum atomic E-state index is 14.5. The fraction of sp³-hybridized carbons (Fsp3) is 0.509. The van der Waals surface area contributed by atoms with Crippen molar-refractivity contribution in [3.05, 3.63) is 119 Å². The summed E-state index contributed by atoms with van der Waals surface area (Å²) < 4.78 is 129. The molecule has 438 valence electrons. The number of anilines is 2. The minimum atomic E-state index is -6.15. The van der Waals surface area contributed by atoms with Crippen molar-refractivity contribution in [2.24, 2.45) is 16.7 Å². The molecule has 2 N–H and O–H groups in total. The number of sulfonamides is 1. The van der Waals surface area contributed by atoms with Crippen LogP contribution in [0.2, 0.25) is 5.02 Å². The largest absolute Gasteiger partial charge is 0.501 e. The van der Waals surface area contributed by atoms with Crippen molar-refractivity contribution in [2.75, 3.05) is 87.9 Å². The Balaban J connectivity index is 0.992. The van der Waals surface area contributed by atoms with Crippen LogP contribution in [0.15, 0.2) is 117 Å². The van der Waals surface area contributed by atoms with Gasteiger partial charge in [-0.15, -0.1) is 11.8 Å². The third-order valence-corrected chi connectivity index (χ3v) is 21.0. The summed E-state index contributed by atoms with van der Waals surface area (Å²) in [6.45, 7) is 16.5. The van der Waals surface area contributed by atoms with E-state index in [-0.39, 0.29) is 35.4 Å². The number of halogens is 4. The second-order valence-corrected chi connectivity index (χ2v) is 29.7. The van der Waals surface area contributed by atoms with Crippen LogP contribution in [0.1, 0.15) is 96.0 Å². The predicted molar refractivity (Wildman–Crippen MR) is 309 cm³/mol. The van der Waals surface area contributed by atoms with Crippen LogP contribution < -0.4 is 14.9 Å². The highest BCUT2D eigenvalue weighted by atomic mass is 35.5. The molecular weight excluding hydrogens is 1130 g/mol. The zero-order chi connectivity index (χ0) is 58.1. The van der Waals surface area contributed by atoms with E-state index in [0.717, 1.165) is 61.6 Å². The monoisotopic (exact) mass is 1210 g/mol. The van der Waals surface area contributed by atoms with Gasteiger partial charge in [0.05, 0.1) is 28.8 Å². The van der Waals surface area contributed by atoms with Crippen LogP contribution in [-0.2, 0) is 43.0 Å². The Morgan fingerprint density at radius 2 is 1.52 bits per heavy atom. The number of benzene rings is 4. The summed E-state index contributed by atoms with van der Waals surface area (Å²) in [4.78, 5) is 31.2. The van der Waals surface area contributed by atoms with Gasteiger partial charge >= 0.3 is 19.1 Å². The summed E-state index contributed by atoms with van der Waals surface area (Å²) in [5.41, 5.74) is -2.02. The molecule has 0 spiro atoms. The number of esters is 1. The van der Waals surface area contributed by atoms with Crippen molar-refractivity contribution in [3.8, 4) is 0 Å². The van der Waals surface area contributed by atoms with Crippen LogP contribution >= 0.6 is 31.0 Å². The third-order valence-electron chi connectivity index (χ3n) is 14.6. The lowest BCUT2D eigenvalue weighted by Gasteiger charge is -2.39. The zero-order valence-electron chi connectivity index (χ0n) is 46.2. The Morgan fingerprint density at radius 1 is 0.863 bits per heavy atom. The number of hydrogen-bond acceptors (Lipinski definition) is 15. The van der Waals surface area contributed by atoms with Crippen LogP contribution in [0, 0.1) is 16.7 Å². The number of likely N-dealkylation sites (tertiary alicyclic amines) is 1. The minimum absolute atomic E-state index is 0.0302. The smallest absolute Gasteiger partial charge is 0.438 e. The average molecular weight is 1210 g/mol. The molecule has 0 radical (unpaired) electrons. The van der Waals surface area contributed by atoms with E-state index in [2.05, 4.69) is 46.0 Å². The van der Waals surface area contributed by atoms with Crippen molar-refractivity contribution in [2.45, 2.75) is 106 Å². The molecule has 1 amide bonds. The number of hydrogen-bond donors (Lipinski definition) is 2. The van der Waals surface area contributed by atoms with E-state index in [1.807, 2.05) is 47.2 Å². The van der Waals surface area contributed by atoms with Crippen LogP contribution in [0.25, 0.3) is 5.57 Å². The molecule has 15 nitrogen and oxygen atoms in total. The first-order valence-corrected chi connectivity index (χ1v) is 33.0. The number of alkyl halides is 3. The van der Waals surface area contributed by atoms with Gasteiger partial charge in [0.15, 0.2) is 0 Å². The molecule has 2 fully saturated rings. The molecule has 0 aromatic heterocycles. The van der Waals surface area contributed by atoms with Gasteiger partial charge < -0.3 is 24.4 Å². The summed E-state index contributed by atoms with van der Waals surface area (Å²) in [5, 5.41) is 3.71. The summed E-state index contributed by atoms with van der Waals surface area (Å²) in [7, 11) is -14.7. The van der Waals surface area contributed by atoms with E-state index in [0.29, 0.717) is 63.1 Å². The fourth-order valence-corrected chi connectivity index (χ4v) is 15.1. The Hall–Kier alpha value is -4.44. The van der Waals surface area contributed by atoms with Gasteiger partial charge in [0, 0.05) is 72.2 Å². The SMILES string of the molecule is CCOP(=O)(CC1CCN(CC[C@H](CSc2ccccc2)Nc2ccc(S(=O)(=O)NC(=O)c3ccc(N4CCN(CC5=C(c6ccc(Cl)cc6)CCC(C)(C)C5)CC4)cc3)cc2S(=O)(=O)C(F)(F)F)CC1)OCOC(=O)C(C)(C)C. The molecule has 1 aliphatic carbocycles. The molecule has 7 rings (SSSR count). The predicted octanol–water partition coefficient (Wildman–Crippen LogP) is 12.0. The highest BCUT2D eigenvalue weighted by molar-refractivity contribution is 7.99. The molecule has 4 aromatic rings. The van der Waals surface area contributed by atoms with Crippen molar-refractivity contribution in [3.63, 3.8) is 0 Å². The number of carbonyl (C=O) groups is 2. The van der Waals surface area contributed by atoms with Gasteiger partial charge in [0.2, 0.25) is 6.79 Å². The standard InChI is InChI=1S/C57H74ClF3N5O10PS3/c1-7-75-77(69,76-40-74-54(68)55(2,3)4)38-41-24-28-64(29-25-41)30-26-46(39-78-48-11-9-8-10-12-48)62-51-22-21-49(35-52(51)79(70,71)57(59,60)61)80(72,73)63-53(67)43-15-19-47(20-16-43)66-33-31-65(32-34-66)37-44-36-56(5,6)27-23-50(44)42-13-17-45(58)18-14-42/h8-22,35,41,46,62H,7,23-34,36-40H2,1-6H3,(H,63,67)/t46-,77?/m1/s1. The van der Waals surface area contributed by atoms with Gasteiger partial charge in [0.25, 0.3) is 25.8 Å². The number of ether oxygens (including phenoxy) is 1. The van der Waals surface area contributed by atoms with Crippen molar-refractivity contribution in [1.82, 2.24) is 14.5 Å². The maximum absolute atomic E-state index is 14.5. The molecule has 2 saturated heterocycles. The first-order chi connectivity index (χ1) is 37.6. The molecule has 23 heteroatoms. The number of amides is 1. The van der Waals surface area contributed by atoms with E-state index in [9.17, 15) is 44.2 Å². The first kappa shape index (κ1) is 63.1. The molecule has 80 heavy (non-hydrogen) atoms. The number of thioether (sulfide) groups is 1. The highest BCUT2D eigenvalue weighted by Gasteiger charge is 2.49. The number of piperazine rings is 1. The molecule has 2 aliphatic heterocycles. The average Bonchev–Trinajstić information content (AvgIpc) is 3.40. The van der Waals surface area contributed by atoms with E-state index >= 15 is 0 Å². The highest BCUT2D eigenvalue weighted by Crippen LogP contribution is 2.51. The van der Waals surface area contributed by atoms with Crippen molar-refractivity contribution < 1.29 is 57.9 Å². The number of rotatable bonds is 23. The van der Waals surface area contributed by atoms with E-state index in [1.54, 1.807) is 39.8 Å². The Labute approximate surface area is 479 Å². The Morgan fingerprint density at radius 3 is 2.15 bits per heavy atom. The van der Waals surface area contributed by atoms with E-state index < -0.39 is 78.6 Å². The van der Waals surface area contributed by atoms with E-state index in [1.165, 1.54) is 40.6 Å². The van der Waals surface area contributed by atoms with Crippen LogP contribution in [0.5, 0.6) is 0 Å². The normalized spacial score (nSPS) is 18.4. The van der Waals surface area contributed by atoms with Crippen LogP contribution in [0.4, 0.5) is 24.5 Å². The van der Waals surface area contributed by atoms with Gasteiger partial charge in [0.1, 0.15) is 4.90 Å². The van der Waals surface area contributed by atoms with Gasteiger partial charge in [-0.3, -0.25) is 23.6 Å². The Bertz CT molecular complexity index is 3080. The molecule has 0 bridgehead atoms. The molecule has 1 unspecified atom stereocenters. The maximum Gasteiger partial charge on any atom is 0.501 e. The summed E-state index contributed by atoms with van der Waals surface area (Å²) in [5.74, 6) is -1.32. The first-order valence-electron chi connectivity index (χ1n) is 26.9. The molecule has 2 heterocycles. The second-order valence-electron chi connectivity index (χ2n) is 22.5. The van der Waals surface area contributed by atoms with Crippen LogP contribution in [0.3, 0.4) is 0 Å². The summed E-state index contributed by atoms with van der Waals surface area (Å²) >= 11 is 7.61. The van der Waals surface area contributed by atoms with Crippen molar-refractivity contribution in [1.29, 1.82) is 0 Å². The van der Waals surface area contributed by atoms with Gasteiger partial charge in [-0.25, -0.2) is 21.6 Å². The summed E-state index contributed by atoms with van der Waals surface area (Å²) in [6, 6.07) is 25.4. The molecule has 0 saturated carbocycles. The van der Waals surface area contributed by atoms with Gasteiger partial charge in [-0.05, 0) is 169 Å². The fourth-order valence-electron chi connectivity index (χ4n) is 10.1. The number of allylic oxidation sites excluding steroid dienone is 1. The molecule has 3 aliphatic rings. The lowest BCUT2D eigenvalue weighted by molar-refractivity contribution is -0.160. The zero-order valence-corrected chi connectivity index (χ0v) is 50.3. The van der Waals surface area contributed by atoms with Gasteiger partial charge in [-0.1, -0.05) is 61.4 Å². The number of sulfone groups is 1. The topological polar surface area (TPSA) is 181 Å². The minimum Gasteiger partial charge on any atom is -0.438 e. The molecular formula is C57H74ClF3N5O10PS3. The van der Waals surface area contributed by atoms with Crippen LogP contribution in [-0.4, -0.2) is 128 Å². The van der Waals surface area contributed by atoms with Gasteiger partial charge in [-0.2, -0.15) is 13.2 Å². The molecule has 2 atom stereocenters. The van der Waals surface area contributed by atoms with E-state index in [4.69, 9.17) is 25.4 Å². The summed E-state index contributed by atoms with van der Waals surface area (Å²) in [6.07, 6.45) is 4.80. The second kappa shape index (κ2) is 26.9. The lowest BCUT2D eigenvalue weighted by atomic mass is 9.73. The quantitative estimate of drug-likeness (QED) is 0.0310. The Kier molecular flexibility index (Phi) is 21.2. The van der Waals surface area contributed by atoms with Crippen molar-refractivity contribution >= 4 is 79.6 Å². The number of piperidine rings is 1. The number of nitrogens with zero attached hydrogens (tertiary/aromatic N) is 3. The molecule has 4 aromatic carbocycles. The number of nitrogens with one attached hydrogen (secondary N) is 2.